The Labute approximate surface area is 337 Å². The Morgan fingerprint density at radius 3 is 1.47 bits per heavy atom. The van der Waals surface area contributed by atoms with Crippen LogP contribution < -0.4 is 11.1 Å². The van der Waals surface area contributed by atoms with Crippen molar-refractivity contribution in [2.75, 3.05) is 19.8 Å². The highest BCUT2D eigenvalue weighted by molar-refractivity contribution is 7.47. The summed E-state index contributed by atoms with van der Waals surface area (Å²) in [6, 6.07) is -0.918. The van der Waals surface area contributed by atoms with Gasteiger partial charge in [-0.1, -0.05) is 202 Å². The molecule has 9 heteroatoms. The number of hydrogen-bond donors (Lipinski definition) is 4. The number of carbonyl (C=O) groups is 1. The number of carbonyl (C=O) groups excluding carboxylic acids is 1. The minimum Gasteiger partial charge on any atom is -0.387 e. The fourth-order valence-corrected chi connectivity index (χ4v) is 6.78. The van der Waals surface area contributed by atoms with Crippen molar-refractivity contribution in [2.24, 2.45) is 5.73 Å². The van der Waals surface area contributed by atoms with Gasteiger partial charge in [0, 0.05) is 13.0 Å². The van der Waals surface area contributed by atoms with Crippen LogP contribution in [0, 0.1) is 0 Å². The van der Waals surface area contributed by atoms with E-state index in [-0.39, 0.29) is 32.1 Å². The molecule has 0 heterocycles. The number of aliphatic hydroxyl groups is 1. The van der Waals surface area contributed by atoms with Crippen LogP contribution >= 0.6 is 7.82 Å². The van der Waals surface area contributed by atoms with Crippen molar-refractivity contribution < 1.29 is 28.4 Å². The van der Waals surface area contributed by atoms with E-state index < -0.39 is 20.0 Å². The Morgan fingerprint density at radius 1 is 0.618 bits per heavy atom. The van der Waals surface area contributed by atoms with Crippen molar-refractivity contribution in [3.63, 3.8) is 0 Å². The molecular weight excluding hydrogens is 707 g/mol. The SMILES string of the molecule is CC/C=C\C/C=C\C/C=C\C/C=C\C/C=C\CC(=O)NC(COP(=O)(O)OCCN)C(O)/C=C/CCCCCCCCCCCCCCCCCCCCC. The van der Waals surface area contributed by atoms with Crippen molar-refractivity contribution in [1.29, 1.82) is 0 Å². The molecule has 0 radical (unpaired) electrons. The molecule has 0 spiro atoms. The van der Waals surface area contributed by atoms with Gasteiger partial charge in [-0.05, 0) is 44.9 Å². The second-order valence-corrected chi connectivity index (χ2v) is 16.0. The van der Waals surface area contributed by atoms with Gasteiger partial charge in [-0.15, -0.1) is 0 Å². The molecular formula is C46H83N2O6P. The summed E-state index contributed by atoms with van der Waals surface area (Å²) in [6.07, 6.45) is 54.2. The van der Waals surface area contributed by atoms with Gasteiger partial charge in [-0.25, -0.2) is 4.57 Å². The summed E-state index contributed by atoms with van der Waals surface area (Å²) in [5.74, 6) is -0.322. The van der Waals surface area contributed by atoms with Gasteiger partial charge in [0.25, 0.3) is 0 Å². The number of amides is 1. The van der Waals surface area contributed by atoms with Crippen LogP contribution in [-0.2, 0) is 18.4 Å². The first-order chi connectivity index (χ1) is 26.9. The van der Waals surface area contributed by atoms with Gasteiger partial charge < -0.3 is 21.1 Å². The van der Waals surface area contributed by atoms with Crippen LogP contribution in [0.2, 0.25) is 0 Å². The molecule has 1 amide bonds. The molecule has 55 heavy (non-hydrogen) atoms. The maximum atomic E-state index is 12.7. The predicted molar refractivity (Wildman–Crippen MR) is 235 cm³/mol. The highest BCUT2D eigenvalue weighted by Crippen LogP contribution is 2.43. The molecule has 3 atom stereocenters. The van der Waals surface area contributed by atoms with Crippen molar-refractivity contribution in [3.05, 3.63) is 72.9 Å². The molecule has 318 valence electrons. The highest BCUT2D eigenvalue weighted by atomic mass is 31.2. The maximum absolute atomic E-state index is 12.7. The van der Waals surface area contributed by atoms with E-state index in [1.165, 1.54) is 109 Å². The van der Waals surface area contributed by atoms with E-state index in [9.17, 15) is 19.4 Å². The molecule has 0 aromatic rings. The maximum Gasteiger partial charge on any atom is 0.472 e. The molecule has 0 saturated carbocycles. The van der Waals surface area contributed by atoms with Gasteiger partial charge in [0.1, 0.15) is 0 Å². The fraction of sp³-hybridized carbons (Fsp3) is 0.717. The van der Waals surface area contributed by atoms with E-state index in [1.807, 2.05) is 12.2 Å². The zero-order chi connectivity index (χ0) is 40.3. The number of hydrogen-bond acceptors (Lipinski definition) is 6. The first kappa shape index (κ1) is 52.9. The van der Waals surface area contributed by atoms with E-state index in [0.29, 0.717) is 6.42 Å². The van der Waals surface area contributed by atoms with Gasteiger partial charge in [-0.2, -0.15) is 0 Å². The van der Waals surface area contributed by atoms with Crippen LogP contribution in [0.5, 0.6) is 0 Å². The number of phosphoric acid groups is 1. The first-order valence-corrected chi connectivity index (χ1v) is 23.6. The summed E-state index contributed by atoms with van der Waals surface area (Å²) in [5.41, 5.74) is 5.36. The second kappa shape index (κ2) is 41.6. The van der Waals surface area contributed by atoms with Crippen molar-refractivity contribution >= 4 is 13.7 Å². The molecule has 0 aliphatic carbocycles. The number of nitrogens with one attached hydrogen (secondary N) is 1. The summed E-state index contributed by atoms with van der Waals surface area (Å²) >= 11 is 0. The molecule has 0 aromatic carbocycles. The van der Waals surface area contributed by atoms with Gasteiger partial charge >= 0.3 is 7.82 Å². The number of nitrogens with two attached hydrogens (primary N) is 1. The third-order valence-electron chi connectivity index (χ3n) is 9.32. The Kier molecular flexibility index (Phi) is 40.0. The Hall–Kier alpha value is -2.06. The largest absolute Gasteiger partial charge is 0.472 e. The van der Waals surface area contributed by atoms with E-state index in [4.69, 9.17) is 14.8 Å². The zero-order valence-corrected chi connectivity index (χ0v) is 36.0. The average Bonchev–Trinajstić information content (AvgIpc) is 3.17. The summed E-state index contributed by atoms with van der Waals surface area (Å²) in [6.45, 7) is 3.94. The summed E-state index contributed by atoms with van der Waals surface area (Å²) < 4.78 is 22.1. The van der Waals surface area contributed by atoms with Crippen LogP contribution in [0.1, 0.15) is 181 Å². The number of allylic oxidation sites excluding steroid dienone is 10. The van der Waals surface area contributed by atoms with Crippen LogP contribution in [0.4, 0.5) is 0 Å². The van der Waals surface area contributed by atoms with Crippen molar-refractivity contribution in [1.82, 2.24) is 5.32 Å². The lowest BCUT2D eigenvalue weighted by molar-refractivity contribution is -0.122. The third-order valence-corrected chi connectivity index (χ3v) is 10.3. The van der Waals surface area contributed by atoms with E-state index in [1.54, 1.807) is 12.2 Å². The normalized spacial score (nSPS) is 14.8. The Morgan fingerprint density at radius 2 is 1.04 bits per heavy atom. The Bertz CT molecular complexity index is 1090. The molecule has 0 bridgehead atoms. The monoisotopic (exact) mass is 791 g/mol. The van der Waals surface area contributed by atoms with Gasteiger partial charge in [0.15, 0.2) is 0 Å². The van der Waals surface area contributed by atoms with Gasteiger partial charge in [0.05, 0.1) is 25.4 Å². The lowest BCUT2D eigenvalue weighted by Crippen LogP contribution is -2.45. The van der Waals surface area contributed by atoms with Crippen molar-refractivity contribution in [2.45, 2.75) is 193 Å². The fourth-order valence-electron chi connectivity index (χ4n) is 6.02. The predicted octanol–water partition coefficient (Wildman–Crippen LogP) is 12.4. The third kappa shape index (κ3) is 40.0. The van der Waals surface area contributed by atoms with Crippen LogP contribution in [0.15, 0.2) is 72.9 Å². The number of phosphoric ester groups is 1. The van der Waals surface area contributed by atoms with Crippen LogP contribution in [0.3, 0.4) is 0 Å². The second-order valence-electron chi connectivity index (χ2n) is 14.5. The van der Waals surface area contributed by atoms with Gasteiger partial charge in [-0.3, -0.25) is 13.8 Å². The number of rotatable bonds is 40. The molecule has 0 aliphatic heterocycles. The molecule has 5 N–H and O–H groups in total. The topological polar surface area (TPSA) is 131 Å². The van der Waals surface area contributed by atoms with Gasteiger partial charge in [0.2, 0.25) is 5.91 Å². The van der Waals surface area contributed by atoms with E-state index >= 15 is 0 Å². The first-order valence-electron chi connectivity index (χ1n) is 22.1. The minimum absolute atomic E-state index is 0.0617. The minimum atomic E-state index is -4.37. The quantitative estimate of drug-likeness (QED) is 0.0276. The molecule has 3 unspecified atom stereocenters. The lowest BCUT2D eigenvalue weighted by atomic mass is 10.0. The van der Waals surface area contributed by atoms with E-state index in [0.717, 1.165) is 44.9 Å². The zero-order valence-electron chi connectivity index (χ0n) is 35.1. The Balaban J connectivity index is 4.30. The van der Waals surface area contributed by atoms with Crippen molar-refractivity contribution in [3.8, 4) is 0 Å². The molecule has 8 nitrogen and oxygen atoms in total. The molecule has 0 saturated heterocycles. The molecule has 0 aliphatic rings. The molecule has 0 aromatic heterocycles. The lowest BCUT2D eigenvalue weighted by Gasteiger charge is -2.23. The van der Waals surface area contributed by atoms with E-state index in [2.05, 4.69) is 67.8 Å². The van der Waals surface area contributed by atoms with Crippen LogP contribution in [-0.4, -0.2) is 47.8 Å². The average molecular weight is 791 g/mol. The standard InChI is InChI=1S/C46H83N2O6P/c1-3-5-7-9-11-13-15-17-19-20-21-22-23-24-26-27-29-31-33-35-37-39-45(49)44(43-54-55(51,52)53-42-41-47)48-46(50)40-38-36-34-32-30-28-25-18-16-14-12-10-8-6-4-2/h6,8,12,14,18,25,30,32,36-39,44-45,49H,3-5,7,9-11,13,15-17,19-24,26-29,31,33-35,40-43,47H2,1-2H3,(H,48,50)(H,51,52)/b8-6-,14-12-,25-18-,32-30-,38-36-,39-37+. The smallest absolute Gasteiger partial charge is 0.387 e. The molecule has 0 rings (SSSR count). The summed E-state index contributed by atoms with van der Waals surface area (Å²) in [7, 11) is -4.37. The summed E-state index contributed by atoms with van der Waals surface area (Å²) in [5, 5.41) is 13.6. The summed E-state index contributed by atoms with van der Waals surface area (Å²) in [4.78, 5) is 22.6. The highest BCUT2D eigenvalue weighted by Gasteiger charge is 2.26. The number of aliphatic hydroxyl groups excluding tert-OH is 1. The van der Waals surface area contributed by atoms with Crippen LogP contribution in [0.25, 0.3) is 0 Å². The molecule has 0 fully saturated rings. The number of unbranched alkanes of at least 4 members (excludes halogenated alkanes) is 19.